The van der Waals surface area contributed by atoms with Gasteiger partial charge in [-0.15, -0.1) is 0 Å². The summed E-state index contributed by atoms with van der Waals surface area (Å²) in [6.45, 7) is 0. The summed E-state index contributed by atoms with van der Waals surface area (Å²) in [5.74, 6) is -0.760. The number of pyridine rings is 1. The second-order valence-corrected chi connectivity index (χ2v) is 6.34. The number of halogens is 2. The van der Waals surface area contributed by atoms with Gasteiger partial charge in [-0.05, 0) is 24.3 Å². The van der Waals surface area contributed by atoms with E-state index in [1.54, 1.807) is 6.07 Å². The van der Waals surface area contributed by atoms with Crippen molar-refractivity contribution in [1.29, 1.82) is 5.26 Å². The van der Waals surface area contributed by atoms with Gasteiger partial charge in [0.05, 0.1) is 17.4 Å². The number of benzene rings is 1. The van der Waals surface area contributed by atoms with E-state index in [2.05, 4.69) is 25.6 Å². The fraction of sp³-hybridized carbons (Fsp3) is 0. The monoisotopic (exact) mass is 355 g/mol. The van der Waals surface area contributed by atoms with Crippen LogP contribution in [0.4, 0.5) is 10.1 Å². The second kappa shape index (κ2) is 5.56. The maximum absolute atomic E-state index is 13.0. The summed E-state index contributed by atoms with van der Waals surface area (Å²) in [5, 5.41) is 8.98. The van der Waals surface area contributed by atoms with Crippen LogP contribution in [0.15, 0.2) is 46.0 Å². The third kappa shape index (κ3) is 3.12. The predicted molar refractivity (Wildman–Crippen MR) is 73.9 cm³/mol. The molecule has 5 nitrogen and oxygen atoms in total. The minimum atomic E-state index is -4.00. The smallest absolute Gasteiger partial charge is 0.263 e. The van der Waals surface area contributed by atoms with Crippen molar-refractivity contribution in [3.63, 3.8) is 0 Å². The first-order valence-electron chi connectivity index (χ1n) is 5.25. The molecule has 0 aliphatic heterocycles. The highest BCUT2D eigenvalue weighted by molar-refractivity contribution is 9.10. The molecule has 0 fully saturated rings. The molecule has 20 heavy (non-hydrogen) atoms. The first-order chi connectivity index (χ1) is 9.42. The number of anilines is 1. The Hall–Kier alpha value is -1.98. The van der Waals surface area contributed by atoms with Crippen molar-refractivity contribution in [3.8, 4) is 6.07 Å². The van der Waals surface area contributed by atoms with Gasteiger partial charge in [0.15, 0.2) is 0 Å². The van der Waals surface area contributed by atoms with Gasteiger partial charge >= 0.3 is 0 Å². The standard InChI is InChI=1S/C12H7BrFN3O2S/c13-9-1-2-12(8(3-9)5-15)17-20(18,19)11-4-10(14)6-16-7-11/h1-4,6-7,17H. The molecule has 0 amide bonds. The quantitative estimate of drug-likeness (QED) is 0.917. The number of nitriles is 1. The van der Waals surface area contributed by atoms with Crippen LogP contribution in [0.3, 0.4) is 0 Å². The van der Waals surface area contributed by atoms with E-state index in [1.165, 1.54) is 12.1 Å². The Morgan fingerprint density at radius 2 is 2.05 bits per heavy atom. The van der Waals surface area contributed by atoms with Crippen LogP contribution < -0.4 is 4.72 Å². The first kappa shape index (κ1) is 14.4. The average Bonchev–Trinajstić information content (AvgIpc) is 2.40. The lowest BCUT2D eigenvalue weighted by Gasteiger charge is -2.09. The Balaban J connectivity index is 2.42. The Morgan fingerprint density at radius 1 is 1.30 bits per heavy atom. The molecule has 0 aliphatic rings. The lowest BCUT2D eigenvalue weighted by atomic mass is 10.2. The summed E-state index contributed by atoms with van der Waals surface area (Å²) >= 11 is 3.18. The molecule has 0 spiro atoms. The van der Waals surface area contributed by atoms with Crippen molar-refractivity contribution >= 4 is 31.6 Å². The molecule has 8 heteroatoms. The number of nitrogens with one attached hydrogen (secondary N) is 1. The molecule has 0 unspecified atom stereocenters. The summed E-state index contributed by atoms with van der Waals surface area (Å²) in [6.07, 6.45) is 1.93. The van der Waals surface area contributed by atoms with E-state index in [0.717, 1.165) is 18.5 Å². The van der Waals surface area contributed by atoms with Gasteiger partial charge in [0.25, 0.3) is 10.0 Å². The molecule has 2 aromatic rings. The van der Waals surface area contributed by atoms with Crippen LogP contribution in [0.2, 0.25) is 0 Å². The molecule has 1 N–H and O–H groups in total. The Labute approximate surface area is 123 Å². The van der Waals surface area contributed by atoms with E-state index in [9.17, 15) is 12.8 Å². The van der Waals surface area contributed by atoms with E-state index in [0.29, 0.717) is 4.47 Å². The van der Waals surface area contributed by atoms with Crippen LogP contribution in [-0.4, -0.2) is 13.4 Å². The van der Waals surface area contributed by atoms with Gasteiger partial charge in [-0.2, -0.15) is 5.26 Å². The van der Waals surface area contributed by atoms with Gasteiger partial charge in [0.2, 0.25) is 0 Å². The zero-order chi connectivity index (χ0) is 14.8. The number of sulfonamides is 1. The Kier molecular flexibility index (Phi) is 4.01. The zero-order valence-electron chi connectivity index (χ0n) is 9.84. The first-order valence-corrected chi connectivity index (χ1v) is 7.53. The van der Waals surface area contributed by atoms with Gasteiger partial charge in [0.1, 0.15) is 16.8 Å². The fourth-order valence-electron chi connectivity index (χ4n) is 1.44. The summed E-state index contributed by atoms with van der Waals surface area (Å²) < 4.78 is 40.0. The molecule has 0 atom stereocenters. The highest BCUT2D eigenvalue weighted by Crippen LogP contribution is 2.23. The molecular formula is C12H7BrFN3O2S. The third-order valence-electron chi connectivity index (χ3n) is 2.34. The number of hydrogen-bond donors (Lipinski definition) is 1. The SMILES string of the molecule is N#Cc1cc(Br)ccc1NS(=O)(=O)c1cncc(F)c1. The summed E-state index contributed by atoms with van der Waals surface area (Å²) in [7, 11) is -4.00. The molecule has 1 heterocycles. The van der Waals surface area contributed by atoms with Crippen LogP contribution >= 0.6 is 15.9 Å². The van der Waals surface area contributed by atoms with Crippen LogP contribution in [0.5, 0.6) is 0 Å². The van der Waals surface area contributed by atoms with Gasteiger partial charge in [-0.25, -0.2) is 12.8 Å². The molecule has 1 aromatic heterocycles. The van der Waals surface area contributed by atoms with Gasteiger partial charge in [0, 0.05) is 10.7 Å². The number of hydrogen-bond acceptors (Lipinski definition) is 4. The van der Waals surface area contributed by atoms with E-state index in [4.69, 9.17) is 5.26 Å². The lowest BCUT2D eigenvalue weighted by Crippen LogP contribution is -2.14. The average molecular weight is 356 g/mol. The van der Waals surface area contributed by atoms with Crippen LogP contribution in [0.1, 0.15) is 5.56 Å². The molecule has 1 aromatic carbocycles. The van der Waals surface area contributed by atoms with Crippen molar-refractivity contribution in [2.24, 2.45) is 0 Å². The minimum Gasteiger partial charge on any atom is -0.278 e. The fourth-order valence-corrected chi connectivity index (χ4v) is 2.85. The zero-order valence-corrected chi connectivity index (χ0v) is 12.2. The van der Waals surface area contributed by atoms with Gasteiger partial charge in [-0.1, -0.05) is 15.9 Å². The molecule has 0 saturated carbocycles. The van der Waals surface area contributed by atoms with Crippen molar-refractivity contribution < 1.29 is 12.8 Å². The summed E-state index contributed by atoms with van der Waals surface area (Å²) in [6, 6.07) is 7.22. The van der Waals surface area contributed by atoms with Crippen molar-refractivity contribution in [2.45, 2.75) is 4.90 Å². The highest BCUT2D eigenvalue weighted by Gasteiger charge is 2.17. The van der Waals surface area contributed by atoms with Crippen molar-refractivity contribution in [1.82, 2.24) is 4.98 Å². The minimum absolute atomic E-state index is 0.111. The number of rotatable bonds is 3. The molecule has 0 radical (unpaired) electrons. The molecule has 0 bridgehead atoms. The normalized spacial score (nSPS) is 10.8. The van der Waals surface area contributed by atoms with Gasteiger partial charge in [-0.3, -0.25) is 9.71 Å². The van der Waals surface area contributed by atoms with Crippen LogP contribution in [-0.2, 0) is 10.0 Å². The lowest BCUT2D eigenvalue weighted by molar-refractivity contribution is 0.592. The Morgan fingerprint density at radius 3 is 2.70 bits per heavy atom. The maximum Gasteiger partial charge on any atom is 0.263 e. The highest BCUT2D eigenvalue weighted by atomic mass is 79.9. The summed E-state index contributed by atoms with van der Waals surface area (Å²) in [4.78, 5) is 3.17. The molecule has 0 saturated heterocycles. The molecule has 0 aliphatic carbocycles. The molecule has 102 valence electrons. The van der Waals surface area contributed by atoms with E-state index >= 15 is 0 Å². The second-order valence-electron chi connectivity index (χ2n) is 3.75. The van der Waals surface area contributed by atoms with Crippen LogP contribution in [0, 0.1) is 17.1 Å². The van der Waals surface area contributed by atoms with Crippen LogP contribution in [0.25, 0.3) is 0 Å². The topological polar surface area (TPSA) is 82.9 Å². The number of aromatic nitrogens is 1. The molecule has 2 rings (SSSR count). The summed E-state index contributed by atoms with van der Waals surface area (Å²) in [5.41, 5.74) is 0.257. The van der Waals surface area contributed by atoms with Gasteiger partial charge < -0.3 is 0 Å². The predicted octanol–water partition coefficient (Wildman–Crippen LogP) is 2.66. The largest absolute Gasteiger partial charge is 0.278 e. The van der Waals surface area contributed by atoms with E-state index in [-0.39, 0.29) is 16.1 Å². The number of nitrogens with zero attached hydrogens (tertiary/aromatic N) is 2. The van der Waals surface area contributed by atoms with E-state index in [1.807, 2.05) is 6.07 Å². The maximum atomic E-state index is 13.0. The van der Waals surface area contributed by atoms with E-state index < -0.39 is 15.8 Å². The Bertz CT molecular complexity index is 803. The third-order valence-corrected chi connectivity index (χ3v) is 4.16. The molecular weight excluding hydrogens is 349 g/mol. The van der Waals surface area contributed by atoms with Crippen molar-refractivity contribution in [2.75, 3.05) is 4.72 Å². The van der Waals surface area contributed by atoms with Crippen molar-refractivity contribution in [3.05, 3.63) is 52.5 Å².